The fourth-order valence-electron chi connectivity index (χ4n) is 2.98. The number of nitrogens with one attached hydrogen (secondary N) is 1. The van der Waals surface area contributed by atoms with E-state index < -0.39 is 11.5 Å². The van der Waals surface area contributed by atoms with E-state index in [-0.39, 0.29) is 0 Å². The summed E-state index contributed by atoms with van der Waals surface area (Å²) in [6, 6.07) is 0.318. The average molecular weight is 241 g/mol. The summed E-state index contributed by atoms with van der Waals surface area (Å²) < 4.78 is 5.32. The van der Waals surface area contributed by atoms with Gasteiger partial charge < -0.3 is 9.84 Å². The average Bonchev–Trinajstić information content (AvgIpc) is 2.57. The van der Waals surface area contributed by atoms with Crippen molar-refractivity contribution in [3.05, 3.63) is 0 Å². The van der Waals surface area contributed by atoms with Gasteiger partial charge in [-0.2, -0.15) is 0 Å². The van der Waals surface area contributed by atoms with Crippen molar-refractivity contribution in [2.45, 2.75) is 62.9 Å². The second-order valence-electron chi connectivity index (χ2n) is 5.33. The lowest BCUT2D eigenvalue weighted by Crippen LogP contribution is -2.56. The van der Waals surface area contributed by atoms with Gasteiger partial charge in [0.15, 0.2) is 0 Å². The van der Waals surface area contributed by atoms with Gasteiger partial charge in [0.05, 0.1) is 0 Å². The zero-order valence-corrected chi connectivity index (χ0v) is 10.4. The normalized spacial score (nSPS) is 26.4. The summed E-state index contributed by atoms with van der Waals surface area (Å²) in [6.45, 7) is 1.51. The molecule has 2 rings (SSSR count). The van der Waals surface area contributed by atoms with Gasteiger partial charge in [-0.05, 0) is 25.7 Å². The quantitative estimate of drug-likeness (QED) is 0.741. The molecule has 0 aromatic heterocycles. The van der Waals surface area contributed by atoms with Crippen LogP contribution in [-0.4, -0.2) is 35.9 Å². The van der Waals surface area contributed by atoms with Crippen molar-refractivity contribution in [2.75, 3.05) is 13.2 Å². The molecule has 17 heavy (non-hydrogen) atoms. The van der Waals surface area contributed by atoms with E-state index in [1.165, 1.54) is 12.8 Å². The molecule has 4 heteroatoms. The summed E-state index contributed by atoms with van der Waals surface area (Å²) in [7, 11) is 0. The van der Waals surface area contributed by atoms with Crippen LogP contribution < -0.4 is 5.32 Å². The van der Waals surface area contributed by atoms with Crippen molar-refractivity contribution in [1.82, 2.24) is 5.32 Å². The first-order valence-electron chi connectivity index (χ1n) is 6.82. The second kappa shape index (κ2) is 5.83. The number of rotatable bonds is 3. The Labute approximate surface area is 103 Å². The number of carboxylic acids is 1. The molecule has 1 saturated heterocycles. The number of aliphatic carboxylic acids is 1. The molecule has 1 heterocycles. The summed E-state index contributed by atoms with van der Waals surface area (Å²) >= 11 is 0. The smallest absolute Gasteiger partial charge is 0.323 e. The van der Waals surface area contributed by atoms with Gasteiger partial charge in [0.1, 0.15) is 5.54 Å². The van der Waals surface area contributed by atoms with Gasteiger partial charge in [0.25, 0.3) is 0 Å². The molecule has 4 nitrogen and oxygen atoms in total. The van der Waals surface area contributed by atoms with E-state index in [1.54, 1.807) is 0 Å². The first kappa shape index (κ1) is 12.8. The van der Waals surface area contributed by atoms with E-state index in [1.807, 2.05) is 0 Å². The maximum absolute atomic E-state index is 11.6. The first-order chi connectivity index (χ1) is 8.23. The molecule has 1 aliphatic heterocycles. The number of carboxylic acid groups (broad SMARTS) is 1. The van der Waals surface area contributed by atoms with Gasteiger partial charge in [0.2, 0.25) is 0 Å². The summed E-state index contributed by atoms with van der Waals surface area (Å²) in [6.07, 6.45) is 7.84. The van der Waals surface area contributed by atoms with Crippen LogP contribution in [0.1, 0.15) is 51.4 Å². The van der Waals surface area contributed by atoms with E-state index in [4.69, 9.17) is 4.74 Å². The second-order valence-corrected chi connectivity index (χ2v) is 5.33. The van der Waals surface area contributed by atoms with Crippen molar-refractivity contribution in [2.24, 2.45) is 0 Å². The molecule has 0 aromatic carbocycles. The topological polar surface area (TPSA) is 58.6 Å². The van der Waals surface area contributed by atoms with E-state index in [0.29, 0.717) is 6.04 Å². The van der Waals surface area contributed by atoms with Crippen LogP contribution in [-0.2, 0) is 9.53 Å². The highest BCUT2D eigenvalue weighted by molar-refractivity contribution is 5.78. The number of carbonyl (C=O) groups is 1. The van der Waals surface area contributed by atoms with Crippen molar-refractivity contribution in [3.63, 3.8) is 0 Å². The Bertz CT molecular complexity index is 253. The summed E-state index contributed by atoms with van der Waals surface area (Å²) in [5.41, 5.74) is -0.668. The van der Waals surface area contributed by atoms with E-state index in [2.05, 4.69) is 5.32 Å². The predicted octanol–water partition coefficient (Wildman–Crippen LogP) is 1.93. The van der Waals surface area contributed by atoms with Crippen LogP contribution >= 0.6 is 0 Å². The molecule has 0 amide bonds. The van der Waals surface area contributed by atoms with Gasteiger partial charge in [0, 0.05) is 19.3 Å². The number of hydrogen-bond acceptors (Lipinski definition) is 3. The Hall–Kier alpha value is -0.610. The minimum atomic E-state index is -0.668. The maximum Gasteiger partial charge on any atom is 0.323 e. The number of ether oxygens (including phenoxy) is 1. The van der Waals surface area contributed by atoms with Crippen molar-refractivity contribution in [3.8, 4) is 0 Å². The molecule has 2 fully saturated rings. The first-order valence-corrected chi connectivity index (χ1v) is 6.82. The molecule has 98 valence electrons. The van der Waals surface area contributed by atoms with E-state index in [0.717, 1.165) is 51.7 Å². The van der Waals surface area contributed by atoms with Gasteiger partial charge in [-0.1, -0.05) is 25.7 Å². The lowest BCUT2D eigenvalue weighted by atomic mass is 9.88. The molecule has 1 aliphatic carbocycles. The lowest BCUT2D eigenvalue weighted by Gasteiger charge is -2.35. The monoisotopic (exact) mass is 241 g/mol. The Kier molecular flexibility index (Phi) is 4.40. The molecule has 0 atom stereocenters. The molecule has 1 saturated carbocycles. The van der Waals surface area contributed by atoms with Crippen LogP contribution in [0, 0.1) is 0 Å². The fourth-order valence-corrected chi connectivity index (χ4v) is 2.98. The maximum atomic E-state index is 11.6. The van der Waals surface area contributed by atoms with Crippen LogP contribution in [0.2, 0.25) is 0 Å². The Morgan fingerprint density at radius 3 is 2.24 bits per heavy atom. The largest absolute Gasteiger partial charge is 0.480 e. The third-order valence-corrected chi connectivity index (χ3v) is 4.07. The Morgan fingerprint density at radius 2 is 1.71 bits per heavy atom. The van der Waals surface area contributed by atoms with E-state index in [9.17, 15) is 9.90 Å². The van der Waals surface area contributed by atoms with Crippen LogP contribution in [0.4, 0.5) is 0 Å². The third-order valence-electron chi connectivity index (χ3n) is 4.07. The predicted molar refractivity (Wildman–Crippen MR) is 65.0 cm³/mol. The van der Waals surface area contributed by atoms with Gasteiger partial charge in [-0.3, -0.25) is 10.1 Å². The molecule has 2 N–H and O–H groups in total. The highest BCUT2D eigenvalue weighted by Crippen LogP contribution is 2.29. The number of hydrogen-bond donors (Lipinski definition) is 2. The molecule has 0 spiro atoms. The van der Waals surface area contributed by atoms with Gasteiger partial charge >= 0.3 is 5.97 Å². The summed E-state index contributed by atoms with van der Waals surface area (Å²) in [5.74, 6) is -0.661. The van der Waals surface area contributed by atoms with Crippen LogP contribution in [0.25, 0.3) is 0 Å². The zero-order chi connectivity index (χ0) is 12.1. The summed E-state index contributed by atoms with van der Waals surface area (Å²) in [4.78, 5) is 11.6. The van der Waals surface area contributed by atoms with Crippen molar-refractivity contribution < 1.29 is 14.6 Å². The minimum Gasteiger partial charge on any atom is -0.480 e. The Morgan fingerprint density at radius 1 is 1.12 bits per heavy atom. The molecule has 2 aliphatic rings. The highest BCUT2D eigenvalue weighted by atomic mass is 16.5. The van der Waals surface area contributed by atoms with Crippen LogP contribution in [0.5, 0.6) is 0 Å². The molecular formula is C13H23NO3. The minimum absolute atomic E-state index is 0.318. The zero-order valence-electron chi connectivity index (χ0n) is 10.4. The highest BCUT2D eigenvalue weighted by Gasteiger charge is 2.40. The van der Waals surface area contributed by atoms with Gasteiger partial charge in [-0.25, -0.2) is 0 Å². The summed E-state index contributed by atoms with van der Waals surface area (Å²) in [5, 5.41) is 13.0. The van der Waals surface area contributed by atoms with Crippen molar-refractivity contribution >= 4 is 5.97 Å². The Balaban J connectivity index is 2.01. The van der Waals surface area contributed by atoms with Crippen LogP contribution in [0.3, 0.4) is 0 Å². The fraction of sp³-hybridized carbons (Fsp3) is 0.923. The van der Waals surface area contributed by atoms with E-state index >= 15 is 0 Å². The van der Waals surface area contributed by atoms with Crippen LogP contribution in [0.15, 0.2) is 0 Å². The molecule has 0 radical (unpaired) electrons. The SMILES string of the molecule is O=C(O)C1(NC2CCOCC2)CCCCCC1. The standard InChI is InChI=1S/C13H23NO3/c15-12(16)13(7-3-1-2-4-8-13)14-11-5-9-17-10-6-11/h11,14H,1-10H2,(H,15,16). The van der Waals surface area contributed by atoms with Gasteiger partial charge in [-0.15, -0.1) is 0 Å². The molecular weight excluding hydrogens is 218 g/mol. The molecule has 0 unspecified atom stereocenters. The molecule has 0 bridgehead atoms. The lowest BCUT2D eigenvalue weighted by molar-refractivity contribution is -0.146. The third kappa shape index (κ3) is 3.19. The molecule has 0 aromatic rings. The van der Waals surface area contributed by atoms with Crippen molar-refractivity contribution in [1.29, 1.82) is 0 Å².